The van der Waals surface area contributed by atoms with Gasteiger partial charge in [0.05, 0.1) is 16.9 Å². The summed E-state index contributed by atoms with van der Waals surface area (Å²) in [7, 11) is 0. The number of nitrogens with zero attached hydrogens (tertiary/aromatic N) is 2. The smallest absolute Gasteiger partial charge is 0.260 e. The summed E-state index contributed by atoms with van der Waals surface area (Å²) in [5, 5.41) is 32.2. The van der Waals surface area contributed by atoms with Crippen molar-refractivity contribution in [3.05, 3.63) is 70.8 Å². The van der Waals surface area contributed by atoms with E-state index < -0.39 is 0 Å². The molecule has 1 aliphatic rings. The zero-order valence-electron chi connectivity index (χ0n) is 23.6. The summed E-state index contributed by atoms with van der Waals surface area (Å²) in [5.74, 6) is -0.613. The zero-order valence-corrected chi connectivity index (χ0v) is 23.6. The Hall–Kier alpha value is -3.67. The van der Waals surface area contributed by atoms with Crippen LogP contribution in [-0.2, 0) is 0 Å². The minimum Gasteiger partial charge on any atom is -0.508 e. The van der Waals surface area contributed by atoms with Crippen LogP contribution in [0.25, 0.3) is 0 Å². The highest BCUT2D eigenvalue weighted by molar-refractivity contribution is 6.15. The van der Waals surface area contributed by atoms with Gasteiger partial charge in [-0.15, -0.1) is 0 Å². The number of rotatable bonds is 10. The number of aromatic hydroxyl groups is 3. The highest BCUT2D eigenvalue weighted by Gasteiger charge is 2.36. The number of phenolic OH excluding ortho intramolecular Hbond substituents is 3. The van der Waals surface area contributed by atoms with E-state index in [0.29, 0.717) is 29.0 Å². The lowest BCUT2D eigenvalue weighted by molar-refractivity contribution is 0.0990. The van der Waals surface area contributed by atoms with Gasteiger partial charge in [0, 0.05) is 24.7 Å². The normalized spacial score (nSPS) is 14.6. The maximum atomic E-state index is 13.9. The Morgan fingerprint density at radius 3 is 2.21 bits per heavy atom. The van der Waals surface area contributed by atoms with E-state index >= 15 is 0 Å². The van der Waals surface area contributed by atoms with Crippen LogP contribution in [0.1, 0.15) is 84.0 Å². The zero-order chi connectivity index (χ0) is 28.0. The molecule has 0 bridgehead atoms. The summed E-state index contributed by atoms with van der Waals surface area (Å²) in [4.78, 5) is 17.3. The van der Waals surface area contributed by atoms with E-state index in [1.807, 2.05) is 24.8 Å². The van der Waals surface area contributed by atoms with Gasteiger partial charge in [-0.1, -0.05) is 47.9 Å². The van der Waals surface area contributed by atoms with Crippen molar-refractivity contribution < 1.29 is 20.1 Å². The minimum absolute atomic E-state index is 0.0325. The summed E-state index contributed by atoms with van der Waals surface area (Å²) >= 11 is 0. The first kappa shape index (κ1) is 28.9. The standard InChI is InChI=1S/C32H42N2O4/c1-7-24(6)34-30-26(15-10-16-28(30)36)32(38)33(27-19-25(35)20-29(37)31(27)34)18-17-23(5)14-9-13-22(4)12-8-11-21(2)3/h10-11,13,15-17,19-20,24,35-37H,7-9,12,14,18H2,1-6H3. The first-order valence-corrected chi connectivity index (χ1v) is 13.5. The molecule has 6 heteroatoms. The van der Waals surface area contributed by atoms with Crippen molar-refractivity contribution in [3.63, 3.8) is 0 Å². The molecule has 0 aromatic heterocycles. The molecule has 0 saturated heterocycles. The minimum atomic E-state index is -0.299. The Balaban J connectivity index is 1.94. The molecule has 2 aromatic rings. The first-order chi connectivity index (χ1) is 18.0. The van der Waals surface area contributed by atoms with Crippen molar-refractivity contribution in [2.75, 3.05) is 16.3 Å². The van der Waals surface area contributed by atoms with Gasteiger partial charge in [0.15, 0.2) is 0 Å². The Labute approximate surface area is 227 Å². The molecule has 1 amide bonds. The molecule has 0 radical (unpaired) electrons. The third-order valence-corrected chi connectivity index (χ3v) is 7.09. The largest absolute Gasteiger partial charge is 0.508 e. The highest BCUT2D eigenvalue weighted by Crippen LogP contribution is 2.51. The summed E-state index contributed by atoms with van der Waals surface area (Å²) < 4.78 is 0. The average Bonchev–Trinajstić information content (AvgIpc) is 2.95. The summed E-state index contributed by atoms with van der Waals surface area (Å²) in [6.45, 7) is 12.7. The molecule has 0 fully saturated rings. The van der Waals surface area contributed by atoms with Gasteiger partial charge in [0.2, 0.25) is 0 Å². The van der Waals surface area contributed by atoms with Crippen molar-refractivity contribution in [1.82, 2.24) is 0 Å². The van der Waals surface area contributed by atoms with Crippen LogP contribution in [-0.4, -0.2) is 33.8 Å². The van der Waals surface area contributed by atoms with Crippen molar-refractivity contribution in [3.8, 4) is 17.2 Å². The molecule has 1 unspecified atom stereocenters. The van der Waals surface area contributed by atoms with E-state index in [1.54, 1.807) is 23.1 Å². The maximum absolute atomic E-state index is 13.9. The van der Waals surface area contributed by atoms with E-state index in [-0.39, 0.29) is 35.7 Å². The number of carbonyl (C=O) groups is 1. The van der Waals surface area contributed by atoms with Crippen LogP contribution in [0.4, 0.5) is 17.1 Å². The van der Waals surface area contributed by atoms with Crippen molar-refractivity contribution in [2.45, 2.75) is 79.7 Å². The lowest BCUT2D eigenvalue weighted by atomic mass is 10.1. The van der Waals surface area contributed by atoms with Crippen LogP contribution < -0.4 is 9.80 Å². The Bertz CT molecular complexity index is 1250. The van der Waals surface area contributed by atoms with Gasteiger partial charge in [-0.25, -0.2) is 0 Å². The summed E-state index contributed by atoms with van der Waals surface area (Å²) in [6.07, 6.45) is 11.2. The first-order valence-electron chi connectivity index (χ1n) is 13.5. The molecule has 0 aliphatic carbocycles. The molecule has 6 nitrogen and oxygen atoms in total. The van der Waals surface area contributed by atoms with Gasteiger partial charge in [-0.3, -0.25) is 4.79 Å². The number of amides is 1. The number of para-hydroxylation sites is 1. The third-order valence-electron chi connectivity index (χ3n) is 7.09. The van der Waals surface area contributed by atoms with Gasteiger partial charge in [0.1, 0.15) is 22.9 Å². The molecule has 38 heavy (non-hydrogen) atoms. The number of hydrogen-bond acceptors (Lipinski definition) is 5. The molecule has 0 spiro atoms. The lowest BCUT2D eigenvalue weighted by Gasteiger charge is -2.33. The van der Waals surface area contributed by atoms with Crippen LogP contribution in [0.15, 0.2) is 65.3 Å². The van der Waals surface area contributed by atoms with Gasteiger partial charge >= 0.3 is 0 Å². The third kappa shape index (κ3) is 6.60. The number of benzene rings is 2. The molecule has 0 saturated carbocycles. The van der Waals surface area contributed by atoms with E-state index in [9.17, 15) is 20.1 Å². The van der Waals surface area contributed by atoms with E-state index in [2.05, 4.69) is 39.8 Å². The Morgan fingerprint density at radius 2 is 1.55 bits per heavy atom. The predicted molar refractivity (Wildman–Crippen MR) is 157 cm³/mol. The van der Waals surface area contributed by atoms with E-state index in [4.69, 9.17) is 0 Å². The van der Waals surface area contributed by atoms with Gasteiger partial charge in [0.25, 0.3) is 5.91 Å². The monoisotopic (exact) mass is 518 g/mol. The number of anilines is 3. The second kappa shape index (κ2) is 12.7. The van der Waals surface area contributed by atoms with Crippen LogP contribution in [0.3, 0.4) is 0 Å². The molecular weight excluding hydrogens is 476 g/mol. The SMILES string of the molecule is CCC(C)N1c2c(O)cccc2C(=O)N(CC=C(C)CCC=C(C)CCC=C(C)C)c2cc(O)cc(O)c21. The molecule has 204 valence electrons. The number of hydrogen-bond donors (Lipinski definition) is 3. The fraction of sp³-hybridized carbons (Fsp3) is 0.406. The van der Waals surface area contributed by atoms with Crippen LogP contribution in [0.2, 0.25) is 0 Å². The fourth-order valence-electron chi connectivity index (χ4n) is 4.76. The number of phenols is 3. The van der Waals surface area contributed by atoms with Crippen LogP contribution in [0.5, 0.6) is 17.2 Å². The molecule has 3 N–H and O–H groups in total. The fourth-order valence-corrected chi connectivity index (χ4v) is 4.76. The number of fused-ring (bicyclic) bond motifs is 2. The van der Waals surface area contributed by atoms with E-state index in [1.165, 1.54) is 23.3 Å². The predicted octanol–water partition coefficient (Wildman–Crippen LogP) is 8.12. The van der Waals surface area contributed by atoms with Crippen molar-refractivity contribution in [2.24, 2.45) is 0 Å². The molecule has 1 heterocycles. The lowest BCUT2D eigenvalue weighted by Crippen LogP contribution is -2.30. The number of allylic oxidation sites excluding steroid dienone is 5. The molecule has 1 aliphatic heterocycles. The Morgan fingerprint density at radius 1 is 0.895 bits per heavy atom. The van der Waals surface area contributed by atoms with Gasteiger partial charge in [-0.2, -0.15) is 0 Å². The molecule has 3 rings (SSSR count). The van der Waals surface area contributed by atoms with Gasteiger partial charge in [-0.05, 0) is 78.9 Å². The molecular formula is C32H42N2O4. The topological polar surface area (TPSA) is 84.2 Å². The Kier molecular flexibility index (Phi) is 9.67. The average molecular weight is 519 g/mol. The second-order valence-electron chi connectivity index (χ2n) is 10.5. The molecule has 2 aromatic carbocycles. The van der Waals surface area contributed by atoms with Crippen molar-refractivity contribution >= 4 is 23.0 Å². The summed E-state index contributed by atoms with van der Waals surface area (Å²) in [5.41, 5.74) is 5.38. The second-order valence-corrected chi connectivity index (χ2v) is 10.5. The summed E-state index contributed by atoms with van der Waals surface area (Å²) in [6, 6.07) is 7.55. The van der Waals surface area contributed by atoms with Gasteiger partial charge < -0.3 is 25.1 Å². The quantitative estimate of drug-likeness (QED) is 0.277. The maximum Gasteiger partial charge on any atom is 0.260 e. The molecule has 1 atom stereocenters. The van der Waals surface area contributed by atoms with E-state index in [0.717, 1.165) is 31.3 Å². The highest BCUT2D eigenvalue weighted by atomic mass is 16.3. The van der Waals surface area contributed by atoms with Crippen molar-refractivity contribution in [1.29, 1.82) is 0 Å². The van der Waals surface area contributed by atoms with Crippen LogP contribution >= 0.6 is 0 Å². The number of carbonyl (C=O) groups excluding carboxylic acids is 1. The van der Waals surface area contributed by atoms with Crippen LogP contribution in [0, 0.1) is 0 Å².